The molecule has 1 heterocycles. The van der Waals surface area contributed by atoms with Crippen LogP contribution in [-0.2, 0) is 0 Å². The van der Waals surface area contributed by atoms with Crippen LogP contribution in [0.1, 0.15) is 26.7 Å². The fourth-order valence-electron chi connectivity index (χ4n) is 1.32. The Labute approximate surface area is 51.7 Å². The second kappa shape index (κ2) is 2.06. The van der Waals surface area contributed by atoms with Gasteiger partial charge in [-0.2, -0.15) is 0 Å². The molecule has 1 rings (SSSR count). The third-order valence-corrected chi connectivity index (χ3v) is 2.39. The molecule has 1 fully saturated rings. The van der Waals surface area contributed by atoms with Gasteiger partial charge in [-0.05, 0) is 33.7 Å². The first-order chi connectivity index (χ1) is 3.72. The quantitative estimate of drug-likeness (QED) is 0.460. The third kappa shape index (κ3) is 0.873. The molecule has 1 nitrogen and oxygen atoms in total. The molecule has 0 amide bonds. The zero-order chi connectivity index (χ0) is 6.15. The standard InChI is InChI=1S/C7H15N/c1-6-4-5-7(2)8(6)3/h6-7H,4-5H2,1-3H3/t6-,7-/m1/s1. The molecule has 0 N–H and O–H groups in total. The van der Waals surface area contributed by atoms with Crippen LogP contribution in [0.4, 0.5) is 0 Å². The monoisotopic (exact) mass is 113 g/mol. The molecule has 0 radical (unpaired) electrons. The van der Waals surface area contributed by atoms with Crippen LogP contribution in [-0.4, -0.2) is 24.0 Å². The SMILES string of the molecule is C[C@@H]1CC[C@@H](C)N1C. The molecule has 0 unspecified atom stereocenters. The van der Waals surface area contributed by atoms with E-state index in [9.17, 15) is 0 Å². The van der Waals surface area contributed by atoms with Crippen molar-refractivity contribution in [2.45, 2.75) is 38.8 Å². The van der Waals surface area contributed by atoms with Crippen molar-refractivity contribution in [2.75, 3.05) is 7.05 Å². The van der Waals surface area contributed by atoms with Crippen LogP contribution < -0.4 is 0 Å². The molecular formula is C7H15N. The van der Waals surface area contributed by atoms with Gasteiger partial charge in [-0.15, -0.1) is 0 Å². The van der Waals surface area contributed by atoms with Crippen molar-refractivity contribution in [3.05, 3.63) is 0 Å². The maximum atomic E-state index is 2.44. The molecule has 0 saturated carbocycles. The van der Waals surface area contributed by atoms with Crippen LogP contribution in [0.2, 0.25) is 0 Å². The molecular weight excluding hydrogens is 98.1 g/mol. The molecule has 0 aromatic carbocycles. The van der Waals surface area contributed by atoms with Gasteiger partial charge >= 0.3 is 0 Å². The molecule has 1 aliphatic heterocycles. The minimum atomic E-state index is 0.824. The average molecular weight is 113 g/mol. The van der Waals surface area contributed by atoms with Crippen LogP contribution in [0.3, 0.4) is 0 Å². The maximum absolute atomic E-state index is 2.44. The normalized spacial score (nSPS) is 40.9. The Morgan fingerprint density at radius 2 is 1.50 bits per heavy atom. The second-order valence-corrected chi connectivity index (χ2v) is 2.94. The molecule has 1 heteroatoms. The minimum Gasteiger partial charge on any atom is -0.301 e. The Morgan fingerprint density at radius 1 is 1.12 bits per heavy atom. The molecule has 2 atom stereocenters. The first-order valence-electron chi connectivity index (χ1n) is 3.43. The fraction of sp³-hybridized carbons (Fsp3) is 1.00. The lowest BCUT2D eigenvalue weighted by atomic mass is 10.2. The Hall–Kier alpha value is -0.0400. The zero-order valence-electron chi connectivity index (χ0n) is 6.02. The Morgan fingerprint density at radius 3 is 1.62 bits per heavy atom. The third-order valence-electron chi connectivity index (χ3n) is 2.39. The Kier molecular flexibility index (Phi) is 1.57. The summed E-state index contributed by atoms with van der Waals surface area (Å²) >= 11 is 0. The van der Waals surface area contributed by atoms with Crippen molar-refractivity contribution in [1.29, 1.82) is 0 Å². The van der Waals surface area contributed by atoms with E-state index in [0.717, 1.165) is 12.1 Å². The Bertz CT molecular complexity index is 70.5. The van der Waals surface area contributed by atoms with Crippen LogP contribution >= 0.6 is 0 Å². The van der Waals surface area contributed by atoms with Gasteiger partial charge in [0, 0.05) is 12.1 Å². The summed E-state index contributed by atoms with van der Waals surface area (Å²) in [6.45, 7) is 4.59. The molecule has 0 aromatic rings. The van der Waals surface area contributed by atoms with E-state index in [2.05, 4.69) is 25.8 Å². The first kappa shape index (κ1) is 6.09. The summed E-state index contributed by atoms with van der Waals surface area (Å²) in [5, 5.41) is 0. The van der Waals surface area contributed by atoms with Crippen molar-refractivity contribution in [1.82, 2.24) is 4.90 Å². The highest BCUT2D eigenvalue weighted by atomic mass is 15.2. The first-order valence-corrected chi connectivity index (χ1v) is 3.43. The van der Waals surface area contributed by atoms with Gasteiger partial charge in [0.05, 0.1) is 0 Å². The minimum absolute atomic E-state index is 0.824. The van der Waals surface area contributed by atoms with E-state index in [1.54, 1.807) is 0 Å². The lowest BCUT2D eigenvalue weighted by Crippen LogP contribution is -2.27. The maximum Gasteiger partial charge on any atom is 0.00672 e. The predicted molar refractivity (Wildman–Crippen MR) is 35.9 cm³/mol. The summed E-state index contributed by atoms with van der Waals surface area (Å²) in [5.41, 5.74) is 0. The molecule has 8 heavy (non-hydrogen) atoms. The summed E-state index contributed by atoms with van der Waals surface area (Å²) in [4.78, 5) is 2.44. The van der Waals surface area contributed by atoms with Gasteiger partial charge in [-0.25, -0.2) is 0 Å². The molecule has 0 aliphatic carbocycles. The van der Waals surface area contributed by atoms with E-state index in [4.69, 9.17) is 0 Å². The number of hydrogen-bond acceptors (Lipinski definition) is 1. The van der Waals surface area contributed by atoms with Crippen molar-refractivity contribution < 1.29 is 0 Å². The van der Waals surface area contributed by atoms with Crippen LogP contribution in [0.15, 0.2) is 0 Å². The topological polar surface area (TPSA) is 3.24 Å². The number of nitrogens with zero attached hydrogens (tertiary/aromatic N) is 1. The molecule has 1 saturated heterocycles. The molecule has 1 aliphatic rings. The summed E-state index contributed by atoms with van der Waals surface area (Å²) in [7, 11) is 2.21. The average Bonchev–Trinajstić information content (AvgIpc) is 1.98. The summed E-state index contributed by atoms with van der Waals surface area (Å²) in [5.74, 6) is 0. The number of rotatable bonds is 0. The van der Waals surface area contributed by atoms with Crippen LogP contribution in [0.5, 0.6) is 0 Å². The highest BCUT2D eigenvalue weighted by Crippen LogP contribution is 2.20. The van der Waals surface area contributed by atoms with Gasteiger partial charge < -0.3 is 4.90 Å². The lowest BCUT2D eigenvalue weighted by Gasteiger charge is -2.18. The van der Waals surface area contributed by atoms with Gasteiger partial charge in [0.15, 0.2) is 0 Å². The van der Waals surface area contributed by atoms with Crippen LogP contribution in [0, 0.1) is 0 Å². The zero-order valence-corrected chi connectivity index (χ0v) is 6.02. The Balaban J connectivity index is 2.44. The fourth-order valence-corrected chi connectivity index (χ4v) is 1.32. The van der Waals surface area contributed by atoms with Crippen molar-refractivity contribution in [2.24, 2.45) is 0 Å². The van der Waals surface area contributed by atoms with E-state index < -0.39 is 0 Å². The van der Waals surface area contributed by atoms with Gasteiger partial charge in [0.2, 0.25) is 0 Å². The lowest BCUT2D eigenvalue weighted by molar-refractivity contribution is 0.267. The van der Waals surface area contributed by atoms with Crippen molar-refractivity contribution >= 4 is 0 Å². The molecule has 0 bridgehead atoms. The van der Waals surface area contributed by atoms with Crippen molar-refractivity contribution in [3.8, 4) is 0 Å². The number of likely N-dealkylation sites (tertiary alicyclic amines) is 1. The van der Waals surface area contributed by atoms with E-state index in [-0.39, 0.29) is 0 Å². The highest BCUT2D eigenvalue weighted by Gasteiger charge is 2.22. The molecule has 0 spiro atoms. The van der Waals surface area contributed by atoms with E-state index in [1.807, 2.05) is 0 Å². The highest BCUT2D eigenvalue weighted by molar-refractivity contribution is 4.78. The predicted octanol–water partition coefficient (Wildman–Crippen LogP) is 1.49. The van der Waals surface area contributed by atoms with Gasteiger partial charge in [0.1, 0.15) is 0 Å². The van der Waals surface area contributed by atoms with E-state index in [1.165, 1.54) is 12.8 Å². The second-order valence-electron chi connectivity index (χ2n) is 2.94. The molecule has 0 aromatic heterocycles. The van der Waals surface area contributed by atoms with Gasteiger partial charge in [-0.3, -0.25) is 0 Å². The van der Waals surface area contributed by atoms with Gasteiger partial charge in [0.25, 0.3) is 0 Å². The van der Waals surface area contributed by atoms with E-state index in [0.29, 0.717) is 0 Å². The van der Waals surface area contributed by atoms with E-state index >= 15 is 0 Å². The summed E-state index contributed by atoms with van der Waals surface area (Å²) in [6.07, 6.45) is 2.77. The summed E-state index contributed by atoms with van der Waals surface area (Å²) < 4.78 is 0. The summed E-state index contributed by atoms with van der Waals surface area (Å²) in [6, 6.07) is 1.65. The number of hydrogen-bond donors (Lipinski definition) is 0. The van der Waals surface area contributed by atoms with Gasteiger partial charge in [-0.1, -0.05) is 0 Å². The molecule has 48 valence electrons. The smallest absolute Gasteiger partial charge is 0.00672 e. The van der Waals surface area contributed by atoms with Crippen molar-refractivity contribution in [3.63, 3.8) is 0 Å². The largest absolute Gasteiger partial charge is 0.301 e. The van der Waals surface area contributed by atoms with Crippen LogP contribution in [0.25, 0.3) is 0 Å².